The van der Waals surface area contributed by atoms with Crippen molar-refractivity contribution in [1.29, 1.82) is 0 Å². The summed E-state index contributed by atoms with van der Waals surface area (Å²) >= 11 is 0. The van der Waals surface area contributed by atoms with Gasteiger partial charge >= 0.3 is 0 Å². The van der Waals surface area contributed by atoms with Crippen LogP contribution in [0, 0.1) is 0 Å². The summed E-state index contributed by atoms with van der Waals surface area (Å²) in [6.07, 6.45) is 0. The van der Waals surface area contributed by atoms with E-state index in [1.54, 1.807) is 6.92 Å². The van der Waals surface area contributed by atoms with Gasteiger partial charge in [0.1, 0.15) is 6.04 Å². The zero-order valence-corrected chi connectivity index (χ0v) is 17.1. The first-order chi connectivity index (χ1) is 12.9. The standard InChI is InChI=1S/C21H34N4O2/c1-5-22-21(27)17(4)23-20(26)15-25-12-10-24(11-13-25)14-18-6-8-19(9-7-18)16(2)3/h6-9,16-17H,5,10-15H2,1-4H3,(H,22,27)(H,23,26)/t17-/m0/s1. The zero-order valence-electron chi connectivity index (χ0n) is 17.1. The van der Waals surface area contributed by atoms with Gasteiger partial charge in [0, 0.05) is 39.3 Å². The maximum absolute atomic E-state index is 12.1. The van der Waals surface area contributed by atoms with Gasteiger partial charge in [0.05, 0.1) is 6.54 Å². The second-order valence-corrected chi connectivity index (χ2v) is 7.63. The van der Waals surface area contributed by atoms with E-state index in [4.69, 9.17) is 0 Å². The lowest BCUT2D eigenvalue weighted by Gasteiger charge is -2.34. The number of amides is 2. The van der Waals surface area contributed by atoms with Crippen molar-refractivity contribution < 1.29 is 9.59 Å². The van der Waals surface area contributed by atoms with Gasteiger partial charge in [-0.2, -0.15) is 0 Å². The average molecular weight is 375 g/mol. The first kappa shape index (κ1) is 21.4. The number of likely N-dealkylation sites (N-methyl/N-ethyl adjacent to an activating group) is 1. The highest BCUT2D eigenvalue weighted by molar-refractivity contribution is 5.87. The Labute approximate surface area is 163 Å². The van der Waals surface area contributed by atoms with Crippen molar-refractivity contribution in [3.05, 3.63) is 35.4 Å². The highest BCUT2D eigenvalue weighted by atomic mass is 16.2. The summed E-state index contributed by atoms with van der Waals surface area (Å²) in [6.45, 7) is 13.5. The molecule has 2 N–H and O–H groups in total. The second-order valence-electron chi connectivity index (χ2n) is 7.63. The quantitative estimate of drug-likeness (QED) is 0.725. The fourth-order valence-corrected chi connectivity index (χ4v) is 3.25. The molecule has 6 nitrogen and oxygen atoms in total. The molecule has 2 rings (SSSR count). The Morgan fingerprint density at radius 3 is 2.15 bits per heavy atom. The molecular weight excluding hydrogens is 340 g/mol. The Morgan fingerprint density at radius 1 is 1.00 bits per heavy atom. The molecule has 0 spiro atoms. The maximum Gasteiger partial charge on any atom is 0.242 e. The Balaban J connectivity index is 1.71. The van der Waals surface area contributed by atoms with Crippen LogP contribution in [0.15, 0.2) is 24.3 Å². The fraction of sp³-hybridized carbons (Fsp3) is 0.619. The van der Waals surface area contributed by atoms with Crippen LogP contribution in [-0.2, 0) is 16.1 Å². The normalized spacial score (nSPS) is 16.9. The fourth-order valence-electron chi connectivity index (χ4n) is 3.25. The van der Waals surface area contributed by atoms with E-state index in [1.165, 1.54) is 11.1 Å². The lowest BCUT2D eigenvalue weighted by molar-refractivity contribution is -0.129. The van der Waals surface area contributed by atoms with Crippen molar-refractivity contribution in [3.63, 3.8) is 0 Å². The lowest BCUT2D eigenvalue weighted by Crippen LogP contribution is -2.51. The van der Waals surface area contributed by atoms with Gasteiger partial charge in [-0.25, -0.2) is 0 Å². The van der Waals surface area contributed by atoms with Crippen molar-refractivity contribution in [3.8, 4) is 0 Å². The topological polar surface area (TPSA) is 64.7 Å². The van der Waals surface area contributed by atoms with E-state index >= 15 is 0 Å². The average Bonchev–Trinajstić information content (AvgIpc) is 2.64. The molecule has 1 aliphatic heterocycles. The van der Waals surface area contributed by atoms with Gasteiger partial charge in [-0.1, -0.05) is 38.1 Å². The number of rotatable bonds is 8. The van der Waals surface area contributed by atoms with Gasteiger partial charge in [0.15, 0.2) is 0 Å². The Hall–Kier alpha value is -1.92. The minimum absolute atomic E-state index is 0.0912. The summed E-state index contributed by atoms with van der Waals surface area (Å²) in [7, 11) is 0. The molecule has 0 radical (unpaired) electrons. The van der Waals surface area contributed by atoms with Crippen molar-refractivity contribution in [1.82, 2.24) is 20.4 Å². The van der Waals surface area contributed by atoms with Gasteiger partial charge in [-0.3, -0.25) is 19.4 Å². The van der Waals surface area contributed by atoms with Crippen LogP contribution in [0.2, 0.25) is 0 Å². The minimum Gasteiger partial charge on any atom is -0.355 e. The van der Waals surface area contributed by atoms with E-state index in [9.17, 15) is 9.59 Å². The van der Waals surface area contributed by atoms with Gasteiger partial charge in [0.2, 0.25) is 11.8 Å². The van der Waals surface area contributed by atoms with E-state index in [1.807, 2.05) is 6.92 Å². The number of piperazine rings is 1. The van der Waals surface area contributed by atoms with E-state index in [0.717, 1.165) is 32.7 Å². The molecule has 1 aromatic carbocycles. The Kier molecular flexibility index (Phi) is 8.25. The molecule has 27 heavy (non-hydrogen) atoms. The Bertz CT molecular complexity index is 607. The van der Waals surface area contributed by atoms with Crippen LogP contribution in [0.25, 0.3) is 0 Å². The van der Waals surface area contributed by atoms with Gasteiger partial charge in [0.25, 0.3) is 0 Å². The van der Waals surface area contributed by atoms with E-state index < -0.39 is 6.04 Å². The van der Waals surface area contributed by atoms with E-state index in [2.05, 4.69) is 58.5 Å². The number of carbonyl (C=O) groups excluding carboxylic acids is 2. The molecule has 2 amide bonds. The van der Waals surface area contributed by atoms with Crippen LogP contribution in [0.4, 0.5) is 0 Å². The second kappa shape index (κ2) is 10.4. The molecule has 0 unspecified atom stereocenters. The Morgan fingerprint density at radius 2 is 1.59 bits per heavy atom. The third-order valence-corrected chi connectivity index (χ3v) is 5.01. The number of nitrogens with zero attached hydrogens (tertiary/aromatic N) is 2. The van der Waals surface area contributed by atoms with Gasteiger partial charge in [-0.15, -0.1) is 0 Å². The zero-order chi connectivity index (χ0) is 19.8. The third kappa shape index (κ3) is 6.96. The van der Waals surface area contributed by atoms with Crippen LogP contribution in [0.5, 0.6) is 0 Å². The van der Waals surface area contributed by atoms with Crippen molar-refractivity contribution in [2.75, 3.05) is 39.3 Å². The molecule has 0 saturated carbocycles. The maximum atomic E-state index is 12.1. The van der Waals surface area contributed by atoms with Crippen LogP contribution >= 0.6 is 0 Å². The van der Waals surface area contributed by atoms with Gasteiger partial charge < -0.3 is 10.6 Å². The molecular formula is C21H34N4O2. The molecule has 6 heteroatoms. The van der Waals surface area contributed by atoms with E-state index in [0.29, 0.717) is 19.0 Å². The lowest BCUT2D eigenvalue weighted by atomic mass is 10.0. The summed E-state index contributed by atoms with van der Waals surface area (Å²) in [5.74, 6) is 0.329. The molecule has 0 bridgehead atoms. The number of carbonyl (C=O) groups is 2. The first-order valence-corrected chi connectivity index (χ1v) is 9.99. The summed E-state index contributed by atoms with van der Waals surface area (Å²) in [6, 6.07) is 8.38. The van der Waals surface area contributed by atoms with Crippen LogP contribution < -0.4 is 10.6 Å². The van der Waals surface area contributed by atoms with Crippen LogP contribution in [-0.4, -0.2) is 66.9 Å². The highest BCUT2D eigenvalue weighted by Gasteiger charge is 2.21. The summed E-state index contributed by atoms with van der Waals surface area (Å²) in [5.41, 5.74) is 2.71. The predicted octanol–water partition coefficient (Wildman–Crippen LogP) is 1.57. The highest BCUT2D eigenvalue weighted by Crippen LogP contribution is 2.16. The molecule has 1 fully saturated rings. The number of benzene rings is 1. The molecule has 1 heterocycles. The number of hydrogen-bond donors (Lipinski definition) is 2. The first-order valence-electron chi connectivity index (χ1n) is 9.99. The predicted molar refractivity (Wildman–Crippen MR) is 109 cm³/mol. The van der Waals surface area contributed by atoms with E-state index in [-0.39, 0.29) is 11.8 Å². The third-order valence-electron chi connectivity index (χ3n) is 5.01. The smallest absolute Gasteiger partial charge is 0.242 e. The molecule has 1 aliphatic rings. The van der Waals surface area contributed by atoms with Crippen LogP contribution in [0.3, 0.4) is 0 Å². The monoisotopic (exact) mass is 374 g/mol. The largest absolute Gasteiger partial charge is 0.355 e. The van der Waals surface area contributed by atoms with Gasteiger partial charge in [-0.05, 0) is 30.9 Å². The number of hydrogen-bond acceptors (Lipinski definition) is 4. The molecule has 150 valence electrons. The molecule has 0 aromatic heterocycles. The summed E-state index contributed by atoms with van der Waals surface area (Å²) in [4.78, 5) is 28.4. The minimum atomic E-state index is -0.493. The number of nitrogens with one attached hydrogen (secondary N) is 2. The SMILES string of the molecule is CCNC(=O)[C@H](C)NC(=O)CN1CCN(Cc2ccc(C(C)C)cc2)CC1. The molecule has 1 aromatic rings. The molecule has 1 saturated heterocycles. The van der Waals surface area contributed by atoms with Crippen molar-refractivity contribution in [2.24, 2.45) is 0 Å². The van der Waals surface area contributed by atoms with Crippen molar-refractivity contribution >= 4 is 11.8 Å². The molecule has 0 aliphatic carbocycles. The summed E-state index contributed by atoms with van der Waals surface area (Å²) < 4.78 is 0. The molecule has 1 atom stereocenters. The van der Waals surface area contributed by atoms with Crippen molar-refractivity contribution in [2.45, 2.75) is 46.2 Å². The summed E-state index contributed by atoms with van der Waals surface area (Å²) in [5, 5.41) is 5.49. The van der Waals surface area contributed by atoms with Crippen LogP contribution in [0.1, 0.15) is 44.7 Å².